The minimum atomic E-state index is -0.865. The molecule has 0 aromatic heterocycles. The summed E-state index contributed by atoms with van der Waals surface area (Å²) in [5.74, 6) is -2.76. The molecule has 1 aliphatic carbocycles. The first-order valence-electron chi connectivity index (χ1n) is 13.1. The van der Waals surface area contributed by atoms with Gasteiger partial charge in [-0.2, -0.15) is 0 Å². The van der Waals surface area contributed by atoms with E-state index in [0.717, 1.165) is 16.3 Å². The van der Waals surface area contributed by atoms with Crippen LogP contribution in [0, 0.1) is 23.7 Å². The second-order valence-corrected chi connectivity index (χ2v) is 10.3. The van der Waals surface area contributed by atoms with E-state index in [0.29, 0.717) is 12.1 Å². The molecule has 1 aliphatic heterocycles. The fourth-order valence-corrected chi connectivity index (χ4v) is 6.12. The Bertz CT molecular complexity index is 1370. The molecule has 0 radical (unpaired) electrons. The van der Waals surface area contributed by atoms with Crippen LogP contribution in [-0.4, -0.2) is 53.5 Å². The maximum Gasteiger partial charge on any atom is 0.247 e. The van der Waals surface area contributed by atoms with Crippen molar-refractivity contribution in [1.82, 2.24) is 10.2 Å². The summed E-state index contributed by atoms with van der Waals surface area (Å²) in [4.78, 5) is 42.5. The number of hydrogen-bond donors (Lipinski definition) is 3. The lowest BCUT2D eigenvalue weighted by atomic mass is 9.70. The number of amides is 3. The van der Waals surface area contributed by atoms with Crippen molar-refractivity contribution in [3.63, 3.8) is 0 Å². The predicted molar refractivity (Wildman–Crippen MR) is 147 cm³/mol. The molecule has 7 heteroatoms. The molecule has 3 aromatic carbocycles. The van der Waals surface area contributed by atoms with Crippen LogP contribution < -0.4 is 10.6 Å². The number of nitrogens with one attached hydrogen (secondary N) is 2. The van der Waals surface area contributed by atoms with Crippen LogP contribution in [0.2, 0.25) is 0 Å². The van der Waals surface area contributed by atoms with Crippen molar-refractivity contribution in [3.05, 3.63) is 90.5 Å². The molecule has 0 bridgehead atoms. The Hall–Kier alpha value is -3.97. The van der Waals surface area contributed by atoms with Gasteiger partial charge in [-0.05, 0) is 40.8 Å². The molecule has 5 rings (SSSR count). The summed E-state index contributed by atoms with van der Waals surface area (Å²) < 4.78 is 0. The molecule has 1 saturated heterocycles. The highest BCUT2D eigenvalue weighted by Crippen LogP contribution is 2.45. The van der Waals surface area contributed by atoms with Crippen molar-refractivity contribution in [2.75, 3.05) is 19.0 Å². The molecule has 0 unspecified atom stereocenters. The van der Waals surface area contributed by atoms with Crippen molar-refractivity contribution in [1.29, 1.82) is 0 Å². The first-order chi connectivity index (χ1) is 18.4. The van der Waals surface area contributed by atoms with Crippen molar-refractivity contribution in [2.45, 2.75) is 25.4 Å². The minimum absolute atomic E-state index is 0.161. The van der Waals surface area contributed by atoms with E-state index >= 15 is 0 Å². The van der Waals surface area contributed by atoms with Gasteiger partial charge in [-0.25, -0.2) is 0 Å². The van der Waals surface area contributed by atoms with Crippen LogP contribution in [0.3, 0.4) is 0 Å². The molecule has 3 aromatic rings. The third kappa shape index (κ3) is 4.70. The number of hydrogen-bond acceptors (Lipinski definition) is 4. The van der Waals surface area contributed by atoms with Gasteiger partial charge in [0.2, 0.25) is 17.7 Å². The predicted octanol–water partition coefficient (Wildman–Crippen LogP) is 3.39. The van der Waals surface area contributed by atoms with E-state index in [9.17, 15) is 19.5 Å². The van der Waals surface area contributed by atoms with Crippen molar-refractivity contribution < 1.29 is 19.5 Å². The number of carbonyl (C=O) groups is 3. The van der Waals surface area contributed by atoms with E-state index in [1.54, 1.807) is 7.05 Å². The van der Waals surface area contributed by atoms with Crippen LogP contribution in [0.5, 0.6) is 0 Å². The van der Waals surface area contributed by atoms with Gasteiger partial charge in [-0.15, -0.1) is 0 Å². The zero-order valence-electron chi connectivity index (χ0n) is 21.6. The maximum atomic E-state index is 14.1. The van der Waals surface area contributed by atoms with Crippen molar-refractivity contribution in [2.24, 2.45) is 23.7 Å². The van der Waals surface area contributed by atoms with Crippen LogP contribution in [0.1, 0.15) is 12.5 Å². The molecule has 3 N–H and O–H groups in total. The van der Waals surface area contributed by atoms with Gasteiger partial charge in [-0.1, -0.05) is 79.7 Å². The van der Waals surface area contributed by atoms with Gasteiger partial charge in [0.05, 0.1) is 24.5 Å². The van der Waals surface area contributed by atoms with Crippen LogP contribution in [0.4, 0.5) is 5.69 Å². The van der Waals surface area contributed by atoms with E-state index in [1.165, 1.54) is 4.90 Å². The number of aliphatic hydroxyl groups is 1. The number of fused-ring (bicyclic) bond motifs is 2. The quantitative estimate of drug-likeness (QED) is 0.424. The maximum absolute atomic E-state index is 14.1. The average molecular weight is 512 g/mol. The molecular weight excluding hydrogens is 478 g/mol. The van der Waals surface area contributed by atoms with Gasteiger partial charge in [0.15, 0.2) is 0 Å². The molecule has 2 aliphatic rings. The summed E-state index contributed by atoms with van der Waals surface area (Å²) in [5, 5.41) is 18.2. The van der Waals surface area contributed by atoms with Gasteiger partial charge < -0.3 is 20.6 Å². The third-order valence-corrected chi connectivity index (χ3v) is 7.96. The largest absolute Gasteiger partial charge is 0.394 e. The molecule has 1 heterocycles. The summed E-state index contributed by atoms with van der Waals surface area (Å²) in [6.45, 7) is 1.62. The molecule has 1 fully saturated rings. The number of carbonyl (C=O) groups excluding carboxylic acids is 3. The standard InChI is InChI=1S/C31H33N3O4/c1-19-12-15-25-27(26(19)29(36)32-2)31(38)34(24(18-35)16-20-8-4-3-5-9-20)28(25)30(37)33-23-14-13-21-10-6-7-11-22(21)17-23/h3-15,17,19,24-28,35H,16,18H2,1-2H3,(H,32,36)(H,33,37)/t19-,24-,25+,26-,27+,28+/m1/s1. The number of nitrogens with zero attached hydrogens (tertiary/aromatic N) is 1. The Morgan fingerprint density at radius 3 is 2.37 bits per heavy atom. The average Bonchev–Trinajstić information content (AvgIpc) is 3.23. The molecule has 38 heavy (non-hydrogen) atoms. The monoisotopic (exact) mass is 511 g/mol. The topological polar surface area (TPSA) is 98.7 Å². The number of aliphatic hydroxyl groups excluding tert-OH is 1. The fourth-order valence-electron chi connectivity index (χ4n) is 6.12. The summed E-state index contributed by atoms with van der Waals surface area (Å²) in [7, 11) is 1.56. The lowest BCUT2D eigenvalue weighted by Crippen LogP contribution is -2.51. The summed E-state index contributed by atoms with van der Waals surface area (Å²) in [5.41, 5.74) is 1.58. The second-order valence-electron chi connectivity index (χ2n) is 10.3. The normalized spacial score (nSPS) is 25.2. The lowest BCUT2D eigenvalue weighted by Gasteiger charge is -2.33. The highest BCUT2D eigenvalue weighted by Gasteiger charge is 2.58. The first-order valence-corrected chi connectivity index (χ1v) is 13.1. The molecule has 7 nitrogen and oxygen atoms in total. The van der Waals surface area contributed by atoms with Gasteiger partial charge in [0.25, 0.3) is 0 Å². The summed E-state index contributed by atoms with van der Waals surface area (Å²) in [6, 6.07) is 21.7. The van der Waals surface area contributed by atoms with E-state index in [1.807, 2.05) is 91.9 Å². The van der Waals surface area contributed by atoms with Crippen LogP contribution in [-0.2, 0) is 20.8 Å². The molecule has 0 spiro atoms. The molecule has 0 saturated carbocycles. The Morgan fingerprint density at radius 2 is 1.66 bits per heavy atom. The van der Waals surface area contributed by atoms with Crippen molar-refractivity contribution >= 4 is 34.2 Å². The zero-order valence-corrected chi connectivity index (χ0v) is 21.6. The molecule has 3 amide bonds. The Kier molecular flexibility index (Phi) is 7.29. The van der Waals surface area contributed by atoms with Gasteiger partial charge >= 0.3 is 0 Å². The Labute approximate surface area is 222 Å². The van der Waals surface area contributed by atoms with Crippen LogP contribution >= 0.6 is 0 Å². The van der Waals surface area contributed by atoms with Gasteiger partial charge in [0.1, 0.15) is 6.04 Å². The highest BCUT2D eigenvalue weighted by atomic mass is 16.3. The number of anilines is 1. The Morgan fingerprint density at radius 1 is 0.947 bits per heavy atom. The third-order valence-electron chi connectivity index (χ3n) is 7.96. The molecule has 196 valence electrons. The lowest BCUT2D eigenvalue weighted by molar-refractivity contribution is -0.142. The SMILES string of the molecule is CNC(=O)[C@H]1[C@H]2C(=O)N([C@@H](CO)Cc3ccccc3)[C@H](C(=O)Nc3ccc4ccccc4c3)[C@H]2C=C[C@H]1C. The minimum Gasteiger partial charge on any atom is -0.394 e. The van der Waals surface area contributed by atoms with Crippen LogP contribution in [0.25, 0.3) is 10.8 Å². The van der Waals surface area contributed by atoms with Gasteiger partial charge in [-0.3, -0.25) is 14.4 Å². The highest BCUT2D eigenvalue weighted by molar-refractivity contribution is 6.03. The van der Waals surface area contributed by atoms with E-state index < -0.39 is 29.8 Å². The smallest absolute Gasteiger partial charge is 0.247 e. The number of rotatable bonds is 7. The van der Waals surface area contributed by atoms with Gasteiger partial charge in [0, 0.05) is 18.7 Å². The molecular formula is C31H33N3O4. The number of likely N-dealkylation sites (tertiary alicyclic amines) is 1. The van der Waals surface area contributed by atoms with E-state index in [4.69, 9.17) is 0 Å². The summed E-state index contributed by atoms with van der Waals surface area (Å²) >= 11 is 0. The first kappa shape index (κ1) is 25.7. The van der Waals surface area contributed by atoms with Crippen molar-refractivity contribution in [3.8, 4) is 0 Å². The molecule has 6 atom stereocenters. The van der Waals surface area contributed by atoms with E-state index in [2.05, 4.69) is 10.6 Å². The van der Waals surface area contributed by atoms with Crippen LogP contribution in [0.15, 0.2) is 84.9 Å². The number of benzene rings is 3. The Balaban J connectivity index is 1.52. The van der Waals surface area contributed by atoms with E-state index in [-0.39, 0.29) is 30.2 Å². The zero-order chi connectivity index (χ0) is 26.8. The second kappa shape index (κ2) is 10.8. The number of allylic oxidation sites excluding steroid dienone is 1. The summed E-state index contributed by atoms with van der Waals surface area (Å²) in [6.07, 6.45) is 4.24. The fraction of sp³-hybridized carbons (Fsp3) is 0.323.